The van der Waals surface area contributed by atoms with E-state index >= 15 is 0 Å². The lowest BCUT2D eigenvalue weighted by Crippen LogP contribution is -2.13. The molecule has 1 aliphatic rings. The molecule has 1 saturated carbocycles. The molecule has 4 heteroatoms. The average molecular weight is 370 g/mol. The van der Waals surface area contributed by atoms with Crippen LogP contribution in [-0.2, 0) is 9.59 Å². The summed E-state index contributed by atoms with van der Waals surface area (Å²) in [7, 11) is 0. The Labute approximate surface area is 161 Å². The van der Waals surface area contributed by atoms with Crippen molar-refractivity contribution in [2.24, 2.45) is 11.8 Å². The third-order valence-corrected chi connectivity index (χ3v) is 5.31. The van der Waals surface area contributed by atoms with Crippen LogP contribution in [0.2, 0.25) is 0 Å². The summed E-state index contributed by atoms with van der Waals surface area (Å²) in [5, 5.41) is 8.65. The van der Waals surface area contributed by atoms with Gasteiger partial charge >= 0.3 is 5.97 Å². The molecule has 2 rings (SSSR count). The molecule has 0 heterocycles. The minimum atomic E-state index is -0.750. The Morgan fingerprint density at radius 3 is 2.41 bits per heavy atom. The molecule has 146 valence electrons. The summed E-state index contributed by atoms with van der Waals surface area (Å²) in [6.07, 6.45) is 9.50. The number of carbonyl (C=O) groups excluding carboxylic acids is 2. The zero-order chi connectivity index (χ0) is 19.8. The van der Waals surface area contributed by atoms with Gasteiger partial charge in [-0.2, -0.15) is 0 Å². The lowest BCUT2D eigenvalue weighted by atomic mass is 9.89. The highest BCUT2D eigenvalue weighted by atomic mass is 16.4. The average Bonchev–Trinajstić information content (AvgIpc) is 2.94. The molecule has 1 aromatic carbocycles. The highest BCUT2D eigenvalue weighted by Gasteiger charge is 2.32. The maximum Gasteiger partial charge on any atom is 0.303 e. The second-order valence-corrected chi connectivity index (χ2v) is 7.72. The first-order chi connectivity index (χ1) is 12.9. The van der Waals surface area contributed by atoms with Crippen molar-refractivity contribution in [3.63, 3.8) is 0 Å². The van der Waals surface area contributed by atoms with Gasteiger partial charge in [-0.25, -0.2) is 0 Å². The van der Waals surface area contributed by atoms with Crippen molar-refractivity contribution in [1.82, 2.24) is 0 Å². The smallest absolute Gasteiger partial charge is 0.303 e. The number of carbonyl (C=O) groups is 3. The first-order valence-corrected chi connectivity index (χ1v) is 9.92. The van der Waals surface area contributed by atoms with Crippen LogP contribution in [0, 0.1) is 25.7 Å². The molecule has 0 unspecified atom stereocenters. The molecule has 27 heavy (non-hydrogen) atoms. The maximum absolute atomic E-state index is 12.5. The fourth-order valence-corrected chi connectivity index (χ4v) is 3.96. The van der Waals surface area contributed by atoms with Crippen LogP contribution in [0.4, 0.5) is 0 Å². The van der Waals surface area contributed by atoms with Gasteiger partial charge in [0.05, 0.1) is 0 Å². The van der Waals surface area contributed by atoms with Gasteiger partial charge in [-0.3, -0.25) is 14.4 Å². The Kier molecular flexibility index (Phi) is 7.96. The molecule has 0 aliphatic heterocycles. The Bertz CT molecular complexity index is 697. The third kappa shape index (κ3) is 6.78. The van der Waals surface area contributed by atoms with Crippen molar-refractivity contribution >= 4 is 17.5 Å². The molecule has 1 fully saturated rings. The quantitative estimate of drug-likeness (QED) is 0.355. The number of ketones is 2. The number of rotatable bonds is 10. The second kappa shape index (κ2) is 10.2. The first-order valence-electron chi connectivity index (χ1n) is 9.92. The van der Waals surface area contributed by atoms with Gasteiger partial charge in [0, 0.05) is 24.3 Å². The zero-order valence-electron chi connectivity index (χ0n) is 16.4. The number of Topliss-reactive ketones (excluding diaryl/α,β-unsaturated/α-hetero) is 1. The highest BCUT2D eigenvalue weighted by molar-refractivity contribution is 6.04. The van der Waals surface area contributed by atoms with E-state index in [4.69, 9.17) is 5.11 Å². The molecule has 0 aromatic heterocycles. The number of benzene rings is 1. The molecule has 2 atom stereocenters. The van der Waals surface area contributed by atoms with E-state index in [1.54, 1.807) is 6.08 Å². The van der Waals surface area contributed by atoms with Crippen LogP contribution in [0.15, 0.2) is 30.4 Å². The molecule has 1 N–H and O–H groups in total. The first kappa shape index (κ1) is 21.1. The van der Waals surface area contributed by atoms with Crippen LogP contribution in [0.3, 0.4) is 0 Å². The fourth-order valence-electron chi connectivity index (χ4n) is 3.96. The lowest BCUT2D eigenvalue weighted by Gasteiger charge is -2.14. The van der Waals surface area contributed by atoms with Gasteiger partial charge in [0.1, 0.15) is 5.78 Å². The zero-order valence-corrected chi connectivity index (χ0v) is 16.4. The molecule has 0 radical (unpaired) electrons. The van der Waals surface area contributed by atoms with Crippen LogP contribution in [-0.4, -0.2) is 22.6 Å². The molecule has 1 aliphatic carbocycles. The number of carboxylic acid groups (broad SMARTS) is 1. The predicted octanol–water partition coefficient (Wildman–Crippen LogP) is 5.06. The summed E-state index contributed by atoms with van der Waals surface area (Å²) >= 11 is 0. The molecule has 4 nitrogen and oxygen atoms in total. The molecular weight excluding hydrogens is 340 g/mol. The van der Waals surface area contributed by atoms with E-state index in [1.165, 1.54) is 0 Å². The van der Waals surface area contributed by atoms with Gasteiger partial charge in [-0.1, -0.05) is 42.5 Å². The van der Waals surface area contributed by atoms with Gasteiger partial charge in [-0.05, 0) is 57.2 Å². The molecule has 1 aromatic rings. The Morgan fingerprint density at radius 1 is 1.07 bits per heavy atom. The monoisotopic (exact) mass is 370 g/mol. The largest absolute Gasteiger partial charge is 0.481 e. The number of allylic oxidation sites excluding steroid dienone is 2. The van der Waals surface area contributed by atoms with E-state index in [1.807, 2.05) is 38.1 Å². The third-order valence-electron chi connectivity index (χ3n) is 5.31. The molecular formula is C23H30O4. The Morgan fingerprint density at radius 2 is 1.74 bits per heavy atom. The predicted molar refractivity (Wildman–Crippen MR) is 106 cm³/mol. The molecule has 0 bridgehead atoms. The van der Waals surface area contributed by atoms with Crippen LogP contribution in [0.1, 0.15) is 72.9 Å². The van der Waals surface area contributed by atoms with Crippen LogP contribution in [0.25, 0.3) is 0 Å². The van der Waals surface area contributed by atoms with Crippen molar-refractivity contribution in [3.8, 4) is 0 Å². The minimum Gasteiger partial charge on any atom is -0.481 e. The van der Waals surface area contributed by atoms with E-state index in [-0.39, 0.29) is 24.0 Å². The van der Waals surface area contributed by atoms with Gasteiger partial charge in [0.2, 0.25) is 0 Å². The Balaban J connectivity index is 1.86. The van der Waals surface area contributed by atoms with Gasteiger partial charge in [0.25, 0.3) is 0 Å². The van der Waals surface area contributed by atoms with E-state index in [2.05, 4.69) is 0 Å². The van der Waals surface area contributed by atoms with Gasteiger partial charge in [-0.15, -0.1) is 0 Å². The SMILES string of the molecule is Cc1cc(C)cc(C(=O)C=C[C@@H]2CCC(=O)[C@H]2CCCCCCC(=O)O)c1. The summed E-state index contributed by atoms with van der Waals surface area (Å²) in [4.78, 5) is 35.2. The van der Waals surface area contributed by atoms with E-state index in [0.29, 0.717) is 24.2 Å². The number of hydrogen-bond acceptors (Lipinski definition) is 3. The van der Waals surface area contributed by atoms with E-state index in [0.717, 1.165) is 43.2 Å². The molecule has 0 saturated heterocycles. The van der Waals surface area contributed by atoms with Crippen LogP contribution in [0.5, 0.6) is 0 Å². The molecule has 0 amide bonds. The van der Waals surface area contributed by atoms with Crippen molar-refractivity contribution in [3.05, 3.63) is 47.0 Å². The van der Waals surface area contributed by atoms with Crippen molar-refractivity contribution in [2.45, 2.75) is 65.2 Å². The number of hydrogen-bond donors (Lipinski definition) is 1. The molecule has 0 spiro atoms. The van der Waals surface area contributed by atoms with Crippen LogP contribution < -0.4 is 0 Å². The van der Waals surface area contributed by atoms with Crippen molar-refractivity contribution < 1.29 is 19.5 Å². The number of carboxylic acids is 1. The van der Waals surface area contributed by atoms with Crippen molar-refractivity contribution in [1.29, 1.82) is 0 Å². The topological polar surface area (TPSA) is 71.4 Å². The van der Waals surface area contributed by atoms with Gasteiger partial charge < -0.3 is 5.11 Å². The summed E-state index contributed by atoms with van der Waals surface area (Å²) in [5.41, 5.74) is 2.84. The summed E-state index contributed by atoms with van der Waals surface area (Å²) in [6.45, 7) is 3.96. The Hall–Kier alpha value is -2.23. The summed E-state index contributed by atoms with van der Waals surface area (Å²) in [5.74, 6) is -0.304. The standard InChI is InChI=1S/C23H30O4/c1-16-13-17(2)15-19(14-16)21(24)11-9-18-10-12-22(25)20(18)7-5-3-4-6-8-23(26)27/h9,11,13-15,18,20H,3-8,10,12H2,1-2H3,(H,26,27)/t18-,20+/m1/s1. The lowest BCUT2D eigenvalue weighted by molar-refractivity contribution is -0.137. The number of aliphatic carboxylic acids is 1. The highest BCUT2D eigenvalue weighted by Crippen LogP contribution is 2.34. The fraction of sp³-hybridized carbons (Fsp3) is 0.522. The van der Waals surface area contributed by atoms with Gasteiger partial charge in [0.15, 0.2) is 5.78 Å². The summed E-state index contributed by atoms with van der Waals surface area (Å²) in [6, 6.07) is 5.84. The second-order valence-electron chi connectivity index (χ2n) is 7.72. The number of aryl methyl sites for hydroxylation is 2. The van der Waals surface area contributed by atoms with Crippen LogP contribution >= 0.6 is 0 Å². The van der Waals surface area contributed by atoms with Crippen molar-refractivity contribution in [2.75, 3.05) is 0 Å². The minimum absolute atomic E-state index is 0.00595. The van der Waals surface area contributed by atoms with E-state index < -0.39 is 5.97 Å². The maximum atomic E-state index is 12.5. The summed E-state index contributed by atoms with van der Waals surface area (Å²) < 4.78 is 0. The normalized spacial score (nSPS) is 19.7. The number of unbranched alkanes of at least 4 members (excludes halogenated alkanes) is 3. The van der Waals surface area contributed by atoms with E-state index in [9.17, 15) is 14.4 Å².